The Morgan fingerprint density at radius 1 is 1.12 bits per heavy atom. The monoisotopic (exact) mass is 354 g/mol. The Morgan fingerprint density at radius 2 is 1.84 bits per heavy atom. The van der Waals surface area contributed by atoms with Crippen molar-refractivity contribution in [2.45, 2.75) is 19.8 Å². The lowest BCUT2D eigenvalue weighted by Crippen LogP contribution is -2.48. The van der Waals surface area contributed by atoms with Crippen LogP contribution in [-0.4, -0.2) is 48.4 Å². The highest BCUT2D eigenvalue weighted by atomic mass is 32.1. The van der Waals surface area contributed by atoms with Crippen molar-refractivity contribution in [1.82, 2.24) is 9.80 Å². The van der Waals surface area contributed by atoms with Crippen LogP contribution < -0.4 is 0 Å². The summed E-state index contributed by atoms with van der Waals surface area (Å²) in [6.45, 7) is 8.74. The molecule has 0 spiro atoms. The highest BCUT2D eigenvalue weighted by Gasteiger charge is 2.24. The molecule has 0 bridgehead atoms. The molecule has 0 unspecified atom stereocenters. The van der Waals surface area contributed by atoms with Crippen LogP contribution in [0.25, 0.3) is 6.08 Å². The normalized spacial score (nSPS) is 16.0. The number of nitrogens with zero attached hydrogens (tertiary/aromatic N) is 2. The van der Waals surface area contributed by atoms with Crippen molar-refractivity contribution in [3.05, 3.63) is 63.9 Å². The fourth-order valence-electron chi connectivity index (χ4n) is 3.13. The SMILES string of the molecule is CC(C)c1ccsc1C(=O)N1CCN(C/C=C/c2ccccc2)CC1. The summed E-state index contributed by atoms with van der Waals surface area (Å²) in [7, 11) is 0. The molecule has 132 valence electrons. The number of carbonyl (C=O) groups is 1. The van der Waals surface area contributed by atoms with Crippen LogP contribution in [0.3, 0.4) is 0 Å². The van der Waals surface area contributed by atoms with E-state index in [-0.39, 0.29) is 5.91 Å². The Morgan fingerprint density at radius 3 is 2.52 bits per heavy atom. The summed E-state index contributed by atoms with van der Waals surface area (Å²) in [6.07, 6.45) is 4.38. The molecule has 0 saturated carbocycles. The lowest BCUT2D eigenvalue weighted by atomic mass is 10.0. The predicted octanol–water partition coefficient (Wildman–Crippen LogP) is 4.34. The fourth-order valence-corrected chi connectivity index (χ4v) is 4.15. The summed E-state index contributed by atoms with van der Waals surface area (Å²) in [5, 5.41) is 2.03. The molecule has 1 fully saturated rings. The van der Waals surface area contributed by atoms with Crippen LogP contribution in [0.5, 0.6) is 0 Å². The molecule has 1 aliphatic rings. The topological polar surface area (TPSA) is 23.6 Å². The third-order valence-electron chi connectivity index (χ3n) is 4.64. The smallest absolute Gasteiger partial charge is 0.264 e. The van der Waals surface area contributed by atoms with E-state index in [4.69, 9.17) is 0 Å². The molecule has 2 heterocycles. The molecule has 1 saturated heterocycles. The van der Waals surface area contributed by atoms with E-state index < -0.39 is 0 Å². The molecule has 1 aliphatic heterocycles. The van der Waals surface area contributed by atoms with Crippen molar-refractivity contribution in [3.63, 3.8) is 0 Å². The third-order valence-corrected chi connectivity index (χ3v) is 5.56. The van der Waals surface area contributed by atoms with Crippen molar-refractivity contribution in [1.29, 1.82) is 0 Å². The van der Waals surface area contributed by atoms with Crippen molar-refractivity contribution in [3.8, 4) is 0 Å². The van der Waals surface area contributed by atoms with Gasteiger partial charge >= 0.3 is 0 Å². The van der Waals surface area contributed by atoms with E-state index >= 15 is 0 Å². The molecule has 25 heavy (non-hydrogen) atoms. The maximum atomic E-state index is 12.8. The lowest BCUT2D eigenvalue weighted by molar-refractivity contribution is 0.0654. The third kappa shape index (κ3) is 4.59. The second-order valence-electron chi connectivity index (χ2n) is 6.77. The van der Waals surface area contributed by atoms with Gasteiger partial charge in [-0.05, 0) is 28.5 Å². The van der Waals surface area contributed by atoms with E-state index in [2.05, 4.69) is 61.2 Å². The molecule has 3 nitrogen and oxygen atoms in total. The summed E-state index contributed by atoms with van der Waals surface area (Å²) >= 11 is 1.58. The lowest BCUT2D eigenvalue weighted by Gasteiger charge is -2.34. The number of benzene rings is 1. The van der Waals surface area contributed by atoms with Gasteiger partial charge in [0.15, 0.2) is 0 Å². The Kier molecular flexibility index (Phi) is 6.05. The highest BCUT2D eigenvalue weighted by molar-refractivity contribution is 7.12. The van der Waals surface area contributed by atoms with Gasteiger partial charge in [0.25, 0.3) is 5.91 Å². The van der Waals surface area contributed by atoms with Crippen molar-refractivity contribution in [2.75, 3.05) is 32.7 Å². The van der Waals surface area contributed by atoms with E-state index in [1.54, 1.807) is 11.3 Å². The van der Waals surface area contributed by atoms with E-state index in [0.717, 1.165) is 37.6 Å². The first-order valence-electron chi connectivity index (χ1n) is 8.96. The van der Waals surface area contributed by atoms with Gasteiger partial charge in [-0.15, -0.1) is 11.3 Å². The Hall–Kier alpha value is -1.91. The molecule has 1 amide bonds. The van der Waals surface area contributed by atoms with Gasteiger partial charge < -0.3 is 4.90 Å². The van der Waals surface area contributed by atoms with Crippen molar-refractivity contribution < 1.29 is 4.79 Å². The van der Waals surface area contributed by atoms with E-state index in [0.29, 0.717) is 5.92 Å². The minimum atomic E-state index is 0.207. The Labute approximate surface area is 154 Å². The van der Waals surface area contributed by atoms with Gasteiger partial charge in [0.1, 0.15) is 0 Å². The fraction of sp³-hybridized carbons (Fsp3) is 0.381. The summed E-state index contributed by atoms with van der Waals surface area (Å²) in [5.74, 6) is 0.604. The van der Waals surface area contributed by atoms with Crippen LogP contribution in [0.15, 0.2) is 47.9 Å². The van der Waals surface area contributed by atoms with Crippen LogP contribution in [-0.2, 0) is 0 Å². The van der Waals surface area contributed by atoms with Crippen LogP contribution >= 0.6 is 11.3 Å². The molecular weight excluding hydrogens is 328 g/mol. The predicted molar refractivity (Wildman–Crippen MR) is 106 cm³/mol. The molecule has 1 aromatic heterocycles. The summed E-state index contributed by atoms with van der Waals surface area (Å²) in [6, 6.07) is 12.5. The van der Waals surface area contributed by atoms with E-state index in [1.807, 2.05) is 16.3 Å². The van der Waals surface area contributed by atoms with Crippen molar-refractivity contribution in [2.24, 2.45) is 0 Å². The average molecular weight is 355 g/mol. The first kappa shape index (κ1) is 17.9. The largest absolute Gasteiger partial charge is 0.335 e. The minimum absolute atomic E-state index is 0.207. The van der Waals surface area contributed by atoms with Gasteiger partial charge in [-0.2, -0.15) is 0 Å². The van der Waals surface area contributed by atoms with Crippen LogP contribution in [0.2, 0.25) is 0 Å². The molecular formula is C21H26N2OS. The van der Waals surface area contributed by atoms with E-state index in [1.165, 1.54) is 11.1 Å². The summed E-state index contributed by atoms with van der Waals surface area (Å²) < 4.78 is 0. The van der Waals surface area contributed by atoms with Crippen LogP contribution in [0.4, 0.5) is 0 Å². The minimum Gasteiger partial charge on any atom is -0.335 e. The first-order valence-corrected chi connectivity index (χ1v) is 9.83. The molecule has 0 atom stereocenters. The van der Waals surface area contributed by atoms with Crippen LogP contribution in [0.1, 0.15) is 40.6 Å². The number of piperazine rings is 1. The molecule has 4 heteroatoms. The molecule has 0 radical (unpaired) electrons. The second-order valence-corrected chi connectivity index (χ2v) is 7.68. The molecule has 1 aromatic carbocycles. The van der Waals surface area contributed by atoms with E-state index in [9.17, 15) is 4.79 Å². The number of carbonyl (C=O) groups excluding carboxylic acids is 1. The molecule has 2 aromatic rings. The Balaban J connectivity index is 1.51. The number of hydrogen-bond acceptors (Lipinski definition) is 3. The average Bonchev–Trinajstić information content (AvgIpc) is 3.13. The standard InChI is InChI=1S/C21H26N2OS/c1-17(2)19-10-16-25-20(19)21(24)23-14-12-22(13-15-23)11-6-9-18-7-4-3-5-8-18/h3-10,16-17H,11-15H2,1-2H3/b9-6+. The number of thiophene rings is 1. The first-order chi connectivity index (χ1) is 12.1. The van der Waals surface area contributed by atoms with Gasteiger partial charge in [0, 0.05) is 32.7 Å². The summed E-state index contributed by atoms with van der Waals surface area (Å²) in [5.41, 5.74) is 2.42. The zero-order chi connectivity index (χ0) is 17.6. The van der Waals surface area contributed by atoms with Crippen LogP contribution in [0, 0.1) is 0 Å². The number of hydrogen-bond donors (Lipinski definition) is 0. The van der Waals surface area contributed by atoms with Gasteiger partial charge in [0.2, 0.25) is 0 Å². The molecule has 0 aliphatic carbocycles. The quantitative estimate of drug-likeness (QED) is 0.797. The molecule has 0 N–H and O–H groups in total. The number of amides is 1. The molecule has 3 rings (SSSR count). The van der Waals surface area contributed by atoms with Gasteiger partial charge in [-0.3, -0.25) is 9.69 Å². The summed E-state index contributed by atoms with van der Waals surface area (Å²) in [4.78, 5) is 18.1. The van der Waals surface area contributed by atoms with Gasteiger partial charge in [0.05, 0.1) is 4.88 Å². The van der Waals surface area contributed by atoms with Gasteiger partial charge in [-0.25, -0.2) is 0 Å². The number of rotatable bonds is 5. The Bertz CT molecular complexity index is 713. The van der Waals surface area contributed by atoms with Crippen molar-refractivity contribution >= 4 is 23.3 Å². The zero-order valence-electron chi connectivity index (χ0n) is 15.0. The van der Waals surface area contributed by atoms with Gasteiger partial charge in [-0.1, -0.05) is 56.3 Å². The highest BCUT2D eigenvalue weighted by Crippen LogP contribution is 2.26. The second kappa shape index (κ2) is 8.45. The maximum Gasteiger partial charge on any atom is 0.264 e. The maximum absolute atomic E-state index is 12.8. The zero-order valence-corrected chi connectivity index (χ0v) is 15.8.